The number of hydrogen-bond acceptors (Lipinski definition) is 4. The summed E-state index contributed by atoms with van der Waals surface area (Å²) in [7, 11) is 1.64. The fourth-order valence-electron chi connectivity index (χ4n) is 3.94. The first-order chi connectivity index (χ1) is 17.5. The Bertz CT molecular complexity index is 1270. The third kappa shape index (κ3) is 7.26. The minimum Gasteiger partial charge on any atom is -0.497 e. The summed E-state index contributed by atoms with van der Waals surface area (Å²) in [5.74, 6) is -0.522. The predicted molar refractivity (Wildman–Crippen MR) is 139 cm³/mol. The van der Waals surface area contributed by atoms with Gasteiger partial charge in [0.05, 0.1) is 17.7 Å². The number of anilines is 1. The van der Waals surface area contributed by atoms with Gasteiger partial charge >= 0.3 is 6.18 Å². The van der Waals surface area contributed by atoms with E-state index in [2.05, 4.69) is 30.6 Å². The minimum atomic E-state index is -4.48. The second-order valence-electron chi connectivity index (χ2n) is 8.30. The zero-order chi connectivity index (χ0) is 27.2. The standard InChI is InChI=1S/C16H21NO.C12H6ClF4NO/c1-4-12-6-5-7-16(12)14-8-13(11(2)18-3)9-15(17)10-14;13-8-2-1-3-9(14)11(8)19-10-5-4-7(6-18-10)12(15,16)17/h8-10H,2,4-7,17H2,1,3H3;1-6H. The van der Waals surface area contributed by atoms with E-state index in [9.17, 15) is 17.6 Å². The van der Waals surface area contributed by atoms with E-state index in [1.807, 2.05) is 6.07 Å². The van der Waals surface area contributed by atoms with Gasteiger partial charge in [-0.25, -0.2) is 9.37 Å². The Morgan fingerprint density at radius 1 is 1.14 bits per heavy atom. The summed E-state index contributed by atoms with van der Waals surface area (Å²) in [5.41, 5.74) is 11.1. The molecule has 196 valence electrons. The van der Waals surface area contributed by atoms with Gasteiger partial charge in [0, 0.05) is 23.5 Å². The predicted octanol–water partition coefficient (Wildman–Crippen LogP) is 8.92. The highest BCUT2D eigenvalue weighted by Crippen LogP contribution is 2.37. The van der Waals surface area contributed by atoms with Crippen LogP contribution in [0.25, 0.3) is 11.3 Å². The molecule has 1 aliphatic carbocycles. The molecule has 1 aliphatic rings. The van der Waals surface area contributed by atoms with Crippen LogP contribution < -0.4 is 10.5 Å². The molecule has 4 rings (SSSR count). The van der Waals surface area contributed by atoms with Crippen LogP contribution in [-0.4, -0.2) is 12.1 Å². The number of nitrogens with zero attached hydrogens (tertiary/aromatic N) is 1. The van der Waals surface area contributed by atoms with E-state index < -0.39 is 17.6 Å². The van der Waals surface area contributed by atoms with Gasteiger partial charge in [-0.3, -0.25) is 0 Å². The Labute approximate surface area is 218 Å². The van der Waals surface area contributed by atoms with Crippen LogP contribution in [0.15, 0.2) is 66.9 Å². The van der Waals surface area contributed by atoms with Crippen LogP contribution in [0.4, 0.5) is 23.2 Å². The molecule has 0 saturated heterocycles. The number of rotatable bonds is 6. The van der Waals surface area contributed by atoms with E-state index in [1.165, 1.54) is 36.1 Å². The van der Waals surface area contributed by atoms with Gasteiger partial charge in [-0.05, 0) is 73.2 Å². The van der Waals surface area contributed by atoms with Crippen molar-refractivity contribution in [3.8, 4) is 11.6 Å². The summed E-state index contributed by atoms with van der Waals surface area (Å²) in [6.45, 7) is 6.12. The van der Waals surface area contributed by atoms with Crippen molar-refractivity contribution in [3.63, 3.8) is 0 Å². The van der Waals surface area contributed by atoms with Crippen LogP contribution in [-0.2, 0) is 10.9 Å². The van der Waals surface area contributed by atoms with Crippen LogP contribution in [0.2, 0.25) is 5.02 Å². The van der Waals surface area contributed by atoms with Crippen molar-refractivity contribution in [1.29, 1.82) is 0 Å². The Kier molecular flexibility index (Phi) is 9.21. The average molecular weight is 535 g/mol. The Morgan fingerprint density at radius 3 is 2.49 bits per heavy atom. The molecule has 0 amide bonds. The fourth-order valence-corrected chi connectivity index (χ4v) is 4.14. The fraction of sp³-hybridized carbons (Fsp3) is 0.250. The van der Waals surface area contributed by atoms with E-state index in [-0.39, 0.29) is 16.7 Å². The molecule has 0 atom stereocenters. The van der Waals surface area contributed by atoms with Crippen LogP contribution in [0.1, 0.15) is 49.3 Å². The lowest BCUT2D eigenvalue weighted by Gasteiger charge is -2.11. The number of allylic oxidation sites excluding steroid dienone is 2. The highest BCUT2D eigenvalue weighted by Gasteiger charge is 2.30. The molecular weight excluding hydrogens is 508 g/mol. The number of pyridine rings is 1. The lowest BCUT2D eigenvalue weighted by atomic mass is 9.97. The molecule has 2 aromatic carbocycles. The number of ether oxygens (including phenoxy) is 2. The quantitative estimate of drug-likeness (QED) is 0.195. The number of methoxy groups -OCH3 is 1. The molecule has 0 fully saturated rings. The van der Waals surface area contributed by atoms with E-state index in [0.717, 1.165) is 42.3 Å². The number of aromatic nitrogens is 1. The van der Waals surface area contributed by atoms with Gasteiger partial charge < -0.3 is 15.2 Å². The molecule has 1 heterocycles. The normalized spacial score (nSPS) is 13.2. The average Bonchev–Trinajstić information content (AvgIpc) is 3.35. The monoisotopic (exact) mass is 534 g/mol. The third-order valence-electron chi connectivity index (χ3n) is 5.82. The molecule has 1 aromatic heterocycles. The number of benzene rings is 2. The van der Waals surface area contributed by atoms with Crippen molar-refractivity contribution in [2.45, 2.75) is 38.8 Å². The molecule has 37 heavy (non-hydrogen) atoms. The first-order valence-electron chi connectivity index (χ1n) is 11.5. The summed E-state index contributed by atoms with van der Waals surface area (Å²) in [6, 6.07) is 11.8. The first-order valence-corrected chi connectivity index (χ1v) is 11.9. The minimum absolute atomic E-state index is 0.00157. The molecule has 0 bridgehead atoms. The molecule has 0 unspecified atom stereocenters. The van der Waals surface area contributed by atoms with Crippen LogP contribution in [0.5, 0.6) is 11.6 Å². The Balaban J connectivity index is 0.000000206. The molecule has 3 aromatic rings. The SMILES string of the molecule is C=C(OC)c1cc(N)cc(C2=C(CC)CCC2)c1.Fc1cccc(Cl)c1Oc1ccc(C(F)(F)F)cn1. The second kappa shape index (κ2) is 12.1. The topological polar surface area (TPSA) is 57.4 Å². The van der Waals surface area contributed by atoms with Gasteiger partial charge in [0.1, 0.15) is 5.76 Å². The van der Waals surface area contributed by atoms with E-state index in [0.29, 0.717) is 12.0 Å². The van der Waals surface area contributed by atoms with Crippen molar-refractivity contribution in [3.05, 3.63) is 94.4 Å². The van der Waals surface area contributed by atoms with Gasteiger partial charge in [0.25, 0.3) is 0 Å². The van der Waals surface area contributed by atoms with Crippen LogP contribution in [0.3, 0.4) is 0 Å². The van der Waals surface area contributed by atoms with Crippen molar-refractivity contribution in [2.75, 3.05) is 12.8 Å². The highest BCUT2D eigenvalue weighted by molar-refractivity contribution is 6.32. The molecule has 9 heteroatoms. The van der Waals surface area contributed by atoms with Crippen molar-refractivity contribution >= 4 is 28.6 Å². The molecule has 0 saturated carbocycles. The number of nitrogen functional groups attached to an aromatic ring is 1. The summed E-state index contributed by atoms with van der Waals surface area (Å²) < 4.78 is 60.5. The van der Waals surface area contributed by atoms with Crippen molar-refractivity contribution in [1.82, 2.24) is 4.98 Å². The maximum atomic E-state index is 13.4. The number of hydrogen-bond donors (Lipinski definition) is 1. The van der Waals surface area contributed by atoms with E-state index in [1.54, 1.807) is 12.7 Å². The molecule has 2 N–H and O–H groups in total. The van der Waals surface area contributed by atoms with E-state index in [4.69, 9.17) is 26.8 Å². The van der Waals surface area contributed by atoms with Gasteiger partial charge in [-0.2, -0.15) is 13.2 Å². The Morgan fingerprint density at radius 2 is 1.89 bits per heavy atom. The number of halogens is 5. The number of para-hydroxylation sites is 1. The number of alkyl halides is 3. The molecule has 4 nitrogen and oxygen atoms in total. The summed E-state index contributed by atoms with van der Waals surface area (Å²) in [5, 5.41) is 0.00157. The zero-order valence-corrected chi connectivity index (χ0v) is 21.2. The first kappa shape index (κ1) is 28.1. The largest absolute Gasteiger partial charge is 0.497 e. The second-order valence-corrected chi connectivity index (χ2v) is 8.70. The maximum absolute atomic E-state index is 13.4. The van der Waals surface area contributed by atoms with Gasteiger partial charge in [0.2, 0.25) is 5.88 Å². The van der Waals surface area contributed by atoms with Gasteiger partial charge in [0.15, 0.2) is 11.6 Å². The van der Waals surface area contributed by atoms with Crippen LogP contribution in [0, 0.1) is 5.82 Å². The third-order valence-corrected chi connectivity index (χ3v) is 6.12. The molecule has 0 radical (unpaired) electrons. The van der Waals surface area contributed by atoms with E-state index >= 15 is 0 Å². The highest BCUT2D eigenvalue weighted by atomic mass is 35.5. The van der Waals surface area contributed by atoms with Crippen molar-refractivity contribution < 1.29 is 27.0 Å². The van der Waals surface area contributed by atoms with Gasteiger partial charge in [-0.1, -0.05) is 36.7 Å². The smallest absolute Gasteiger partial charge is 0.417 e. The Hall–Kier alpha value is -3.52. The molecule has 0 aliphatic heterocycles. The maximum Gasteiger partial charge on any atom is 0.417 e. The summed E-state index contributed by atoms with van der Waals surface area (Å²) >= 11 is 5.71. The summed E-state index contributed by atoms with van der Waals surface area (Å²) in [6.07, 6.45) is 0.885. The van der Waals surface area contributed by atoms with Crippen LogP contribution >= 0.6 is 11.6 Å². The number of nitrogens with two attached hydrogens (primary N) is 1. The lowest BCUT2D eigenvalue weighted by molar-refractivity contribution is -0.137. The lowest BCUT2D eigenvalue weighted by Crippen LogP contribution is -2.05. The molecule has 0 spiro atoms. The van der Waals surface area contributed by atoms with Gasteiger partial charge in [-0.15, -0.1) is 0 Å². The zero-order valence-electron chi connectivity index (χ0n) is 20.5. The molecular formula is C28H27ClF4N2O2. The summed E-state index contributed by atoms with van der Waals surface area (Å²) in [4.78, 5) is 3.46. The van der Waals surface area contributed by atoms with Crippen molar-refractivity contribution in [2.24, 2.45) is 0 Å².